The number of nitrogens with zero attached hydrogens (tertiary/aromatic N) is 4. The summed E-state index contributed by atoms with van der Waals surface area (Å²) in [5.74, 6) is 0.0959. The number of amides is 1. The highest BCUT2D eigenvalue weighted by molar-refractivity contribution is 7.84. The van der Waals surface area contributed by atoms with Crippen molar-refractivity contribution in [2.75, 3.05) is 19.4 Å². The van der Waals surface area contributed by atoms with Crippen molar-refractivity contribution in [2.24, 2.45) is 0 Å². The minimum absolute atomic E-state index is 0.162. The molecule has 0 aliphatic heterocycles. The summed E-state index contributed by atoms with van der Waals surface area (Å²) in [5.41, 5.74) is 2.44. The highest BCUT2D eigenvalue weighted by atomic mass is 32.2. The molecule has 10 heteroatoms. The maximum Gasteiger partial charge on any atom is 0.384 e. The van der Waals surface area contributed by atoms with E-state index in [-0.39, 0.29) is 17.5 Å². The standard InChI is InChI=1S/C19H19N5O4S/c1-13-6-7-15(28-29(26,27)24(2)3)9-16(13)17-11-22-18(12-21-17)23-19(25)14-5-4-8-20-10-14/h4-12H,1-3H3,(H,22,23,25). The Hall–Kier alpha value is -3.37. The number of carbonyl (C=O) groups excluding carboxylic acids is 1. The smallest absolute Gasteiger partial charge is 0.371 e. The molecule has 0 radical (unpaired) electrons. The van der Waals surface area contributed by atoms with Gasteiger partial charge in [0.2, 0.25) is 0 Å². The zero-order chi connectivity index (χ0) is 21.0. The summed E-state index contributed by atoms with van der Waals surface area (Å²) in [7, 11) is -1.10. The first-order chi connectivity index (χ1) is 13.8. The number of nitrogens with one attached hydrogen (secondary N) is 1. The lowest BCUT2D eigenvalue weighted by molar-refractivity contribution is 0.102. The van der Waals surface area contributed by atoms with Crippen LogP contribution < -0.4 is 9.50 Å². The predicted molar refractivity (Wildman–Crippen MR) is 108 cm³/mol. The predicted octanol–water partition coefficient (Wildman–Crippen LogP) is 2.28. The van der Waals surface area contributed by atoms with E-state index in [9.17, 15) is 13.2 Å². The van der Waals surface area contributed by atoms with Gasteiger partial charge in [-0.1, -0.05) is 6.07 Å². The van der Waals surface area contributed by atoms with Gasteiger partial charge >= 0.3 is 10.3 Å². The molecule has 2 heterocycles. The molecular formula is C19H19N5O4S. The van der Waals surface area contributed by atoms with E-state index in [0.717, 1.165) is 9.87 Å². The molecule has 0 atom stereocenters. The summed E-state index contributed by atoms with van der Waals surface area (Å²) < 4.78 is 29.9. The van der Waals surface area contributed by atoms with E-state index in [2.05, 4.69) is 20.3 Å². The van der Waals surface area contributed by atoms with E-state index in [1.54, 1.807) is 36.5 Å². The average Bonchev–Trinajstić information content (AvgIpc) is 2.70. The second-order valence-electron chi connectivity index (χ2n) is 6.28. The molecule has 0 bridgehead atoms. The number of aromatic nitrogens is 3. The number of benzene rings is 1. The van der Waals surface area contributed by atoms with E-state index in [0.29, 0.717) is 16.8 Å². The molecule has 3 aromatic rings. The van der Waals surface area contributed by atoms with Crippen molar-refractivity contribution >= 4 is 22.0 Å². The summed E-state index contributed by atoms with van der Waals surface area (Å²) in [5, 5.41) is 2.64. The molecule has 3 rings (SSSR count). The fourth-order valence-electron chi connectivity index (χ4n) is 2.34. The zero-order valence-electron chi connectivity index (χ0n) is 16.0. The lowest BCUT2D eigenvalue weighted by atomic mass is 10.1. The van der Waals surface area contributed by atoms with Crippen LogP contribution in [0.25, 0.3) is 11.3 Å². The van der Waals surface area contributed by atoms with Crippen LogP contribution in [-0.2, 0) is 10.3 Å². The number of hydrogen-bond acceptors (Lipinski definition) is 7. The largest absolute Gasteiger partial charge is 0.384 e. The van der Waals surface area contributed by atoms with Gasteiger partial charge in [0, 0.05) is 32.1 Å². The minimum Gasteiger partial charge on any atom is -0.371 e. The Kier molecular flexibility index (Phi) is 5.85. The molecule has 0 saturated heterocycles. The second-order valence-corrected chi connectivity index (χ2v) is 8.04. The Labute approximate surface area is 168 Å². The van der Waals surface area contributed by atoms with E-state index < -0.39 is 10.3 Å². The zero-order valence-corrected chi connectivity index (χ0v) is 16.8. The van der Waals surface area contributed by atoms with E-state index in [1.807, 2.05) is 6.92 Å². The molecule has 2 aromatic heterocycles. The molecule has 0 fully saturated rings. The van der Waals surface area contributed by atoms with Crippen LogP contribution in [-0.4, -0.2) is 47.7 Å². The van der Waals surface area contributed by atoms with Gasteiger partial charge in [0.05, 0.1) is 23.7 Å². The number of hydrogen-bond donors (Lipinski definition) is 1. The lowest BCUT2D eigenvalue weighted by Gasteiger charge is -2.13. The van der Waals surface area contributed by atoms with Gasteiger partial charge < -0.3 is 9.50 Å². The molecule has 0 saturated carbocycles. The van der Waals surface area contributed by atoms with Crippen molar-refractivity contribution in [2.45, 2.75) is 6.92 Å². The third-order valence-corrected chi connectivity index (χ3v) is 5.25. The molecule has 0 aliphatic rings. The van der Waals surface area contributed by atoms with Crippen LogP contribution in [0.15, 0.2) is 55.1 Å². The molecular weight excluding hydrogens is 394 g/mol. The third kappa shape index (κ3) is 4.92. The van der Waals surface area contributed by atoms with Crippen molar-refractivity contribution < 1.29 is 17.4 Å². The number of anilines is 1. The lowest BCUT2D eigenvalue weighted by Crippen LogP contribution is -2.27. The Morgan fingerprint density at radius 2 is 1.90 bits per heavy atom. The van der Waals surface area contributed by atoms with Crippen LogP contribution in [0.4, 0.5) is 5.82 Å². The minimum atomic E-state index is -3.86. The number of aryl methyl sites for hydroxylation is 1. The number of pyridine rings is 1. The number of rotatable bonds is 6. The fourth-order valence-corrected chi connectivity index (χ4v) is 2.84. The first kappa shape index (κ1) is 20.4. The van der Waals surface area contributed by atoms with Gasteiger partial charge in [0.25, 0.3) is 5.91 Å². The molecule has 1 N–H and O–H groups in total. The second kappa shape index (κ2) is 8.33. The molecule has 1 aromatic carbocycles. The highest BCUT2D eigenvalue weighted by Gasteiger charge is 2.17. The van der Waals surface area contributed by atoms with Gasteiger partial charge in [0.1, 0.15) is 5.75 Å². The average molecular weight is 413 g/mol. The van der Waals surface area contributed by atoms with E-state index >= 15 is 0 Å². The third-order valence-electron chi connectivity index (χ3n) is 3.95. The highest BCUT2D eigenvalue weighted by Crippen LogP contribution is 2.27. The molecule has 150 valence electrons. The van der Waals surface area contributed by atoms with Crippen molar-refractivity contribution in [3.05, 3.63) is 66.2 Å². The van der Waals surface area contributed by atoms with Gasteiger partial charge in [-0.3, -0.25) is 14.8 Å². The fraction of sp³-hybridized carbons (Fsp3) is 0.158. The van der Waals surface area contributed by atoms with Crippen LogP contribution in [0.2, 0.25) is 0 Å². The molecule has 1 amide bonds. The van der Waals surface area contributed by atoms with Crippen molar-refractivity contribution in [3.8, 4) is 17.0 Å². The van der Waals surface area contributed by atoms with Crippen LogP contribution in [0.5, 0.6) is 5.75 Å². The maximum absolute atomic E-state index is 12.2. The molecule has 29 heavy (non-hydrogen) atoms. The normalized spacial score (nSPS) is 11.3. The van der Waals surface area contributed by atoms with E-state index in [1.165, 1.54) is 32.7 Å². The molecule has 0 unspecified atom stereocenters. The van der Waals surface area contributed by atoms with Gasteiger partial charge in [-0.25, -0.2) is 4.98 Å². The molecule has 0 aliphatic carbocycles. The summed E-state index contributed by atoms with van der Waals surface area (Å²) in [6.07, 6.45) is 5.95. The van der Waals surface area contributed by atoms with Crippen LogP contribution in [0, 0.1) is 6.92 Å². The van der Waals surface area contributed by atoms with Crippen LogP contribution >= 0.6 is 0 Å². The first-order valence-corrected chi connectivity index (χ1v) is 9.89. The van der Waals surface area contributed by atoms with Crippen molar-refractivity contribution in [1.82, 2.24) is 19.3 Å². The Morgan fingerprint density at radius 1 is 1.10 bits per heavy atom. The van der Waals surface area contributed by atoms with E-state index in [4.69, 9.17) is 4.18 Å². The van der Waals surface area contributed by atoms with Gasteiger partial charge in [-0.05, 0) is 36.8 Å². The van der Waals surface area contributed by atoms with Crippen LogP contribution in [0.1, 0.15) is 15.9 Å². The topological polar surface area (TPSA) is 114 Å². The monoisotopic (exact) mass is 413 g/mol. The Bertz CT molecular complexity index is 1120. The summed E-state index contributed by atoms with van der Waals surface area (Å²) in [4.78, 5) is 24.6. The summed E-state index contributed by atoms with van der Waals surface area (Å²) in [6, 6.07) is 8.18. The van der Waals surface area contributed by atoms with Crippen LogP contribution in [0.3, 0.4) is 0 Å². The van der Waals surface area contributed by atoms with Crippen molar-refractivity contribution in [1.29, 1.82) is 0 Å². The van der Waals surface area contributed by atoms with Gasteiger partial charge in [-0.2, -0.15) is 12.7 Å². The number of carbonyl (C=O) groups is 1. The van der Waals surface area contributed by atoms with Crippen molar-refractivity contribution in [3.63, 3.8) is 0 Å². The van der Waals surface area contributed by atoms with Gasteiger partial charge in [0.15, 0.2) is 5.82 Å². The Balaban J connectivity index is 1.81. The summed E-state index contributed by atoms with van der Waals surface area (Å²) in [6.45, 7) is 1.86. The molecule has 0 spiro atoms. The quantitative estimate of drug-likeness (QED) is 0.659. The van der Waals surface area contributed by atoms with Gasteiger partial charge in [-0.15, -0.1) is 0 Å². The SMILES string of the molecule is Cc1ccc(OS(=O)(=O)N(C)C)cc1-c1cnc(NC(=O)c2cccnc2)cn1. The first-order valence-electron chi connectivity index (χ1n) is 8.52. The summed E-state index contributed by atoms with van der Waals surface area (Å²) >= 11 is 0. The molecule has 9 nitrogen and oxygen atoms in total. The maximum atomic E-state index is 12.2. The Morgan fingerprint density at radius 3 is 2.52 bits per heavy atom.